The van der Waals surface area contributed by atoms with E-state index in [4.69, 9.17) is 0 Å². The van der Waals surface area contributed by atoms with Gasteiger partial charge in [-0.2, -0.15) is 0 Å². The van der Waals surface area contributed by atoms with E-state index in [2.05, 4.69) is 252 Å². The van der Waals surface area contributed by atoms with Crippen molar-refractivity contribution in [2.24, 2.45) is 0 Å². The average molecular weight is 765 g/mol. The lowest BCUT2D eigenvalue weighted by atomic mass is 9.98. The summed E-state index contributed by atoms with van der Waals surface area (Å²) in [5.74, 6) is 0. The predicted octanol–water partition coefficient (Wildman–Crippen LogP) is 16.1. The minimum absolute atomic E-state index is 1.10. The predicted molar refractivity (Wildman–Crippen MR) is 255 cm³/mol. The molecule has 0 aliphatic rings. The zero-order valence-corrected chi connectivity index (χ0v) is 33.0. The smallest absolute Gasteiger partial charge is 0.0541 e. The maximum Gasteiger partial charge on any atom is 0.0541 e. The van der Waals surface area contributed by atoms with Crippen molar-refractivity contribution in [1.82, 2.24) is 4.57 Å². The van der Waals surface area contributed by atoms with Gasteiger partial charge in [0.1, 0.15) is 0 Å². The molecule has 0 amide bonds. The molecule has 0 bridgehead atoms. The Morgan fingerprint density at radius 2 is 0.733 bits per heavy atom. The quantitative estimate of drug-likeness (QED) is 0.150. The molecule has 2 heteroatoms. The van der Waals surface area contributed by atoms with Crippen LogP contribution in [-0.2, 0) is 0 Å². The minimum atomic E-state index is 1.10. The van der Waals surface area contributed by atoms with E-state index in [1.54, 1.807) is 0 Å². The Kier molecular flexibility index (Phi) is 8.87. The third kappa shape index (κ3) is 6.41. The molecule has 0 saturated carbocycles. The van der Waals surface area contributed by atoms with Crippen LogP contribution in [0, 0.1) is 0 Å². The average Bonchev–Trinajstić information content (AvgIpc) is 3.67. The molecule has 2 nitrogen and oxygen atoms in total. The number of para-hydroxylation sites is 3. The summed E-state index contributed by atoms with van der Waals surface area (Å²) in [4.78, 5) is 2.37. The first-order chi connectivity index (χ1) is 29.7. The van der Waals surface area contributed by atoms with Crippen LogP contribution in [0.4, 0.5) is 17.1 Å². The van der Waals surface area contributed by atoms with E-state index in [0.29, 0.717) is 0 Å². The molecule has 282 valence electrons. The topological polar surface area (TPSA) is 8.17 Å². The van der Waals surface area contributed by atoms with Gasteiger partial charge in [-0.1, -0.05) is 188 Å². The summed E-state index contributed by atoms with van der Waals surface area (Å²) in [5.41, 5.74) is 16.5. The van der Waals surface area contributed by atoms with Crippen LogP contribution in [0.25, 0.3) is 82.8 Å². The van der Waals surface area contributed by atoms with E-state index in [1.165, 1.54) is 82.8 Å². The molecule has 11 rings (SSSR count). The van der Waals surface area contributed by atoms with E-state index in [9.17, 15) is 0 Å². The van der Waals surface area contributed by atoms with Gasteiger partial charge in [0.05, 0.1) is 16.7 Å². The van der Waals surface area contributed by atoms with Gasteiger partial charge in [0, 0.05) is 33.4 Å². The molecule has 0 spiro atoms. The number of benzene rings is 10. The molecule has 1 aromatic heterocycles. The van der Waals surface area contributed by atoms with Gasteiger partial charge in [-0.05, 0) is 104 Å². The molecule has 1 heterocycles. The van der Waals surface area contributed by atoms with Crippen molar-refractivity contribution in [3.63, 3.8) is 0 Å². The second kappa shape index (κ2) is 15.1. The summed E-state index contributed by atoms with van der Waals surface area (Å²) in [6, 6.07) is 87.8. The summed E-state index contributed by atoms with van der Waals surface area (Å²) in [6.45, 7) is 0. The summed E-state index contributed by atoms with van der Waals surface area (Å²) < 4.78 is 2.41. The van der Waals surface area contributed by atoms with Crippen LogP contribution in [0.2, 0.25) is 0 Å². The molecule has 10 aromatic carbocycles. The fourth-order valence-electron chi connectivity index (χ4n) is 8.81. The third-order valence-corrected chi connectivity index (χ3v) is 11.8. The van der Waals surface area contributed by atoms with Crippen LogP contribution < -0.4 is 4.90 Å². The summed E-state index contributed by atoms with van der Waals surface area (Å²) >= 11 is 0. The minimum Gasteiger partial charge on any atom is -0.310 e. The Hall–Kier alpha value is -7.94. The first-order valence-electron chi connectivity index (χ1n) is 20.6. The molecule has 0 unspecified atom stereocenters. The highest BCUT2D eigenvalue weighted by Crippen LogP contribution is 2.40. The highest BCUT2D eigenvalue weighted by atomic mass is 15.1. The van der Waals surface area contributed by atoms with Gasteiger partial charge in [-0.3, -0.25) is 0 Å². The molecule has 0 fully saturated rings. The molecule has 0 atom stereocenters. The van der Waals surface area contributed by atoms with Crippen LogP contribution in [0.15, 0.2) is 243 Å². The van der Waals surface area contributed by atoms with Crippen LogP contribution in [0.1, 0.15) is 0 Å². The van der Waals surface area contributed by atoms with Crippen molar-refractivity contribution in [3.8, 4) is 50.2 Å². The fourth-order valence-corrected chi connectivity index (χ4v) is 8.81. The van der Waals surface area contributed by atoms with Crippen LogP contribution >= 0.6 is 0 Å². The SMILES string of the molecule is c1ccc(-c2ccc(-c3cccc(N(c4ccc(-c5ccc(-c6ccccc6-n6c7ccccc7c7ccccc76)cc5)cc4)c4ccc5ccccc5c4)c3)cc2)cc1. The van der Waals surface area contributed by atoms with Crippen LogP contribution in [0.5, 0.6) is 0 Å². The van der Waals surface area contributed by atoms with Gasteiger partial charge in [0.2, 0.25) is 0 Å². The molecule has 0 aliphatic heterocycles. The lowest BCUT2D eigenvalue weighted by Crippen LogP contribution is -2.10. The Balaban J connectivity index is 0.933. The zero-order valence-electron chi connectivity index (χ0n) is 33.0. The lowest BCUT2D eigenvalue weighted by molar-refractivity contribution is 1.18. The fraction of sp³-hybridized carbons (Fsp3) is 0. The van der Waals surface area contributed by atoms with Crippen molar-refractivity contribution >= 4 is 49.6 Å². The van der Waals surface area contributed by atoms with Gasteiger partial charge in [0.25, 0.3) is 0 Å². The number of fused-ring (bicyclic) bond motifs is 4. The van der Waals surface area contributed by atoms with Gasteiger partial charge in [-0.15, -0.1) is 0 Å². The van der Waals surface area contributed by atoms with Gasteiger partial charge < -0.3 is 9.47 Å². The number of nitrogens with zero attached hydrogens (tertiary/aromatic N) is 2. The largest absolute Gasteiger partial charge is 0.310 e. The van der Waals surface area contributed by atoms with Crippen molar-refractivity contribution in [2.45, 2.75) is 0 Å². The van der Waals surface area contributed by atoms with Crippen molar-refractivity contribution in [3.05, 3.63) is 243 Å². The summed E-state index contributed by atoms with van der Waals surface area (Å²) in [6.07, 6.45) is 0. The second-order valence-corrected chi connectivity index (χ2v) is 15.4. The van der Waals surface area contributed by atoms with Crippen LogP contribution in [-0.4, -0.2) is 4.57 Å². The zero-order chi connectivity index (χ0) is 39.8. The number of hydrogen-bond donors (Lipinski definition) is 0. The van der Waals surface area contributed by atoms with E-state index in [-0.39, 0.29) is 0 Å². The van der Waals surface area contributed by atoms with Crippen molar-refractivity contribution < 1.29 is 0 Å². The normalized spacial score (nSPS) is 11.3. The molecular weight excluding hydrogens is 725 g/mol. The third-order valence-electron chi connectivity index (χ3n) is 11.8. The first-order valence-corrected chi connectivity index (χ1v) is 20.6. The summed E-state index contributed by atoms with van der Waals surface area (Å²) in [7, 11) is 0. The number of hydrogen-bond acceptors (Lipinski definition) is 1. The van der Waals surface area contributed by atoms with Gasteiger partial charge in [-0.25, -0.2) is 0 Å². The molecule has 0 aliphatic carbocycles. The number of rotatable bonds is 8. The number of aromatic nitrogens is 1. The second-order valence-electron chi connectivity index (χ2n) is 15.4. The Morgan fingerprint density at radius 3 is 1.42 bits per heavy atom. The lowest BCUT2D eigenvalue weighted by Gasteiger charge is -2.26. The van der Waals surface area contributed by atoms with E-state index >= 15 is 0 Å². The Labute approximate surface area is 350 Å². The van der Waals surface area contributed by atoms with E-state index < -0.39 is 0 Å². The maximum atomic E-state index is 2.41. The van der Waals surface area contributed by atoms with Crippen molar-refractivity contribution in [2.75, 3.05) is 4.90 Å². The Morgan fingerprint density at radius 1 is 0.267 bits per heavy atom. The molecule has 0 saturated heterocycles. The van der Waals surface area contributed by atoms with Crippen molar-refractivity contribution in [1.29, 1.82) is 0 Å². The van der Waals surface area contributed by atoms with E-state index in [0.717, 1.165) is 17.1 Å². The van der Waals surface area contributed by atoms with Crippen LogP contribution in [0.3, 0.4) is 0 Å². The first kappa shape index (κ1) is 35.2. The molecule has 0 radical (unpaired) electrons. The van der Waals surface area contributed by atoms with Gasteiger partial charge in [0.15, 0.2) is 0 Å². The number of anilines is 3. The standard InChI is InChI=1S/C58H40N2/c1-2-13-41(14-3-1)43-25-27-46(28-26-43)49-17-12-18-51(39-49)59(52-38-35-42-15-4-5-16-48(42)40-52)50-36-33-45(34-37-50)44-29-31-47(32-30-44)53-19-6-9-22-56(53)60-57-23-10-7-20-54(57)55-21-8-11-24-58(55)60/h1-40H. The van der Waals surface area contributed by atoms with Gasteiger partial charge >= 0.3 is 0 Å². The maximum absolute atomic E-state index is 2.41. The molecule has 60 heavy (non-hydrogen) atoms. The Bertz CT molecular complexity index is 3230. The van der Waals surface area contributed by atoms with E-state index in [1.807, 2.05) is 0 Å². The summed E-state index contributed by atoms with van der Waals surface area (Å²) in [5, 5.41) is 4.97. The molecule has 0 N–H and O–H groups in total. The highest BCUT2D eigenvalue weighted by molar-refractivity contribution is 6.09. The molecule has 11 aromatic rings. The molecular formula is C58H40N2. The monoisotopic (exact) mass is 764 g/mol. The highest BCUT2D eigenvalue weighted by Gasteiger charge is 2.17.